The first kappa shape index (κ1) is 84.5. The lowest BCUT2D eigenvalue weighted by molar-refractivity contribution is -0.148. The van der Waals surface area contributed by atoms with Gasteiger partial charge >= 0.3 is 0 Å². The molecule has 0 aromatic carbocycles. The number of hydrogen-bond donors (Lipinski definition) is 17. The van der Waals surface area contributed by atoms with Gasteiger partial charge in [0.1, 0.15) is 66.5 Å². The maximum Gasteiger partial charge on any atom is 0.248 e. The second kappa shape index (κ2) is 39.6. The Morgan fingerprint density at radius 1 is 0.531 bits per heavy atom. The van der Waals surface area contributed by atoms with Gasteiger partial charge in [-0.3, -0.25) is 67.1 Å². The molecule has 4 unspecified atom stereocenters. The predicted molar refractivity (Wildman–Crippen MR) is 347 cm³/mol. The summed E-state index contributed by atoms with van der Waals surface area (Å²) >= 11 is 0. The number of unbranched alkanes of at least 4 members (excludes halogenated alkanes) is 2. The second-order valence-corrected chi connectivity index (χ2v) is 26.9. The number of primary amides is 2. The van der Waals surface area contributed by atoms with E-state index in [2.05, 4.69) is 53.2 Å². The molecular weight excluding hydrogens is 1260 g/mol. The van der Waals surface area contributed by atoms with E-state index >= 15 is 0 Å². The lowest BCUT2D eigenvalue weighted by Crippen LogP contribution is -2.65. The van der Waals surface area contributed by atoms with E-state index in [0.717, 1.165) is 30.2 Å². The highest BCUT2D eigenvalue weighted by molar-refractivity contribution is 6.01. The van der Waals surface area contributed by atoms with Gasteiger partial charge in [0.25, 0.3) is 0 Å². The highest BCUT2D eigenvalue weighted by Crippen LogP contribution is 2.23. The van der Waals surface area contributed by atoms with Crippen LogP contribution in [0.15, 0.2) is 0 Å². The second-order valence-electron chi connectivity index (χ2n) is 26.9. The monoisotopic (exact) mass is 1370 g/mol. The van der Waals surface area contributed by atoms with Crippen molar-refractivity contribution in [2.75, 3.05) is 13.6 Å². The number of nitrogens with two attached hydrogens (primary N) is 2. The third-order valence-corrected chi connectivity index (χ3v) is 17.1. The summed E-state index contributed by atoms with van der Waals surface area (Å²) in [5, 5.41) is 80.8. The standard InChI is InChI=1S/C63H110N14O19/c1-16-18-19-21-36-27-41(81)70-42(29(5)6)56(89)74-45(49(82)30(7)8)58(91)66-33(12)53(86)73-46(50(83)31(9)10)59(92)68-37(23-24-40(64)80)62(95)76(15)48(32(11)17-2)61(94)75-47(51(84)52(65)85)60(93)72-44(35(14)79)63(96)77-25-20-22-39(77)55(88)69-38(26-28(3)4)54(87)71-43(34(13)78)57(90)67-36/h28-39,42-51,78-79,82-84H,16-27H2,1-15H3,(H2,64,80)(H2,65,85)(H,66,91)(H,67,90)(H,68,92)(H,69,88)(H,70,81)(H,71,87)(H,72,93)(H,73,86)(H,74,89)(H,75,94)/t32-,33-,34+,35+,36?,37-,38-,39-,42-,43-,44-,45-,46-,47-,48-,49?,50?,51?/m0/s1. The van der Waals surface area contributed by atoms with E-state index in [4.69, 9.17) is 11.5 Å². The molecule has 0 radical (unpaired) electrons. The summed E-state index contributed by atoms with van der Waals surface area (Å²) in [6.45, 7) is 21.0. The number of nitrogens with one attached hydrogen (secondary N) is 10. The minimum Gasteiger partial charge on any atom is -0.391 e. The molecule has 2 aliphatic rings. The van der Waals surface area contributed by atoms with Crippen molar-refractivity contribution in [3.63, 3.8) is 0 Å². The van der Waals surface area contributed by atoms with Crippen LogP contribution in [0.2, 0.25) is 0 Å². The van der Waals surface area contributed by atoms with E-state index in [-0.39, 0.29) is 44.6 Å². The lowest BCUT2D eigenvalue weighted by atomic mass is 9.94. The maximum absolute atomic E-state index is 14.7. The number of carbonyl (C=O) groups is 14. The molecule has 0 aliphatic carbocycles. The summed E-state index contributed by atoms with van der Waals surface area (Å²) in [5.41, 5.74) is 11.0. The summed E-state index contributed by atoms with van der Waals surface area (Å²) in [4.78, 5) is 199. The van der Waals surface area contributed by atoms with Crippen molar-refractivity contribution < 1.29 is 92.7 Å². The number of carbonyl (C=O) groups excluding carboxylic acids is 14. The van der Waals surface area contributed by atoms with Crippen LogP contribution in [0, 0.1) is 29.6 Å². The van der Waals surface area contributed by atoms with Crippen molar-refractivity contribution in [3.8, 4) is 0 Å². The zero-order valence-corrected chi connectivity index (χ0v) is 58.2. The molecule has 14 amide bonds. The van der Waals surface area contributed by atoms with Crippen LogP contribution in [-0.2, 0) is 67.1 Å². The van der Waals surface area contributed by atoms with Crippen LogP contribution < -0.4 is 64.6 Å². The van der Waals surface area contributed by atoms with Crippen LogP contribution in [0.4, 0.5) is 0 Å². The molecule has 0 aromatic heterocycles. The number of rotatable bonds is 20. The Labute approximate surface area is 561 Å². The van der Waals surface area contributed by atoms with Crippen LogP contribution in [0.25, 0.3) is 0 Å². The predicted octanol–water partition coefficient (Wildman–Crippen LogP) is -4.69. The first-order chi connectivity index (χ1) is 44.6. The Bertz CT molecular complexity index is 2710. The van der Waals surface area contributed by atoms with Gasteiger partial charge in [-0.2, -0.15) is 0 Å². The van der Waals surface area contributed by atoms with Crippen molar-refractivity contribution in [1.29, 1.82) is 0 Å². The van der Waals surface area contributed by atoms with Gasteiger partial charge in [0, 0.05) is 32.5 Å². The Morgan fingerprint density at radius 2 is 1.02 bits per heavy atom. The van der Waals surface area contributed by atoms with E-state index in [1.54, 1.807) is 34.6 Å². The van der Waals surface area contributed by atoms with E-state index < -0.39 is 229 Å². The van der Waals surface area contributed by atoms with Gasteiger partial charge in [0.2, 0.25) is 82.7 Å². The topological polar surface area (TPSA) is 519 Å². The summed E-state index contributed by atoms with van der Waals surface area (Å²) in [5.74, 6) is -18.7. The first-order valence-electron chi connectivity index (χ1n) is 33.2. The average Bonchev–Trinajstić information content (AvgIpc) is 1.22. The smallest absolute Gasteiger partial charge is 0.248 e. The Morgan fingerprint density at radius 3 is 1.52 bits per heavy atom. The zero-order chi connectivity index (χ0) is 73.5. The molecule has 2 rings (SSSR count). The largest absolute Gasteiger partial charge is 0.391 e. The molecule has 0 spiro atoms. The number of aliphatic hydroxyl groups excluding tert-OH is 5. The van der Waals surface area contributed by atoms with Crippen molar-refractivity contribution in [3.05, 3.63) is 0 Å². The third-order valence-electron chi connectivity index (χ3n) is 17.1. The molecule has 0 bridgehead atoms. The molecule has 18 atom stereocenters. The van der Waals surface area contributed by atoms with Crippen LogP contribution in [0.1, 0.15) is 168 Å². The first-order valence-corrected chi connectivity index (χ1v) is 33.2. The quantitative estimate of drug-likeness (QED) is 0.0510. The van der Waals surface area contributed by atoms with Gasteiger partial charge in [-0.1, -0.05) is 102 Å². The minimum absolute atomic E-state index is 0.00696. The van der Waals surface area contributed by atoms with Gasteiger partial charge in [-0.05, 0) is 82.5 Å². The molecule has 2 aliphatic heterocycles. The number of aliphatic hydroxyl groups is 5. The van der Waals surface area contributed by atoms with E-state index in [1.165, 1.54) is 48.5 Å². The van der Waals surface area contributed by atoms with Gasteiger partial charge in [0.05, 0.1) is 24.4 Å². The van der Waals surface area contributed by atoms with Gasteiger partial charge in [-0.15, -0.1) is 0 Å². The van der Waals surface area contributed by atoms with E-state index in [0.29, 0.717) is 12.8 Å². The Kier molecular flexibility index (Phi) is 34.8. The van der Waals surface area contributed by atoms with Crippen LogP contribution in [0.3, 0.4) is 0 Å². The Hall–Kier alpha value is -7.62. The zero-order valence-electron chi connectivity index (χ0n) is 58.2. The van der Waals surface area contributed by atoms with Crippen molar-refractivity contribution >= 4 is 82.7 Å². The lowest BCUT2D eigenvalue weighted by Gasteiger charge is -2.36. The van der Waals surface area contributed by atoms with Crippen molar-refractivity contribution in [2.24, 2.45) is 41.1 Å². The number of hydrogen-bond acceptors (Lipinski definition) is 19. The highest BCUT2D eigenvalue weighted by Gasteiger charge is 2.46. The molecule has 96 heavy (non-hydrogen) atoms. The third kappa shape index (κ3) is 25.1. The van der Waals surface area contributed by atoms with E-state index in [9.17, 15) is 92.7 Å². The summed E-state index contributed by atoms with van der Waals surface area (Å²) in [6.07, 6.45) is -8.53. The number of amides is 14. The minimum atomic E-state index is -2.56. The molecule has 19 N–H and O–H groups in total. The molecular formula is C63H110N14O19. The fraction of sp³-hybridized carbons (Fsp3) is 0.778. The van der Waals surface area contributed by atoms with Gasteiger partial charge in [0.15, 0.2) is 6.10 Å². The van der Waals surface area contributed by atoms with Crippen LogP contribution >= 0.6 is 0 Å². The SMILES string of the molecule is CCCCCC1CC(=O)N[C@@H](C(C)C)C(=O)N[C@@H](C(O)C(C)C)C(=O)N[C@@H](C)C(=O)N[C@@H](C(O)C(C)C)C(=O)N[C@@H](CCC(N)=O)C(=O)N(C)[C@@H]([C@@H](C)CC)C(=O)N[C@@H](C(O)C(N)=O)C(=O)N[C@@H]([C@@H](C)O)C(=O)N2CCC[C@H]2C(=O)N[C@@H](CC(C)C)C(=O)N[C@@H]([C@@H](C)O)C(=O)N1. The highest BCUT2D eigenvalue weighted by atomic mass is 16.3. The summed E-state index contributed by atoms with van der Waals surface area (Å²) < 4.78 is 0. The number of likely N-dealkylation sites (N-methyl/N-ethyl adjacent to an activating group) is 1. The van der Waals surface area contributed by atoms with Crippen LogP contribution in [0.5, 0.6) is 0 Å². The molecule has 0 saturated carbocycles. The fourth-order valence-electron chi connectivity index (χ4n) is 11.1. The molecule has 0 aromatic rings. The normalized spacial score (nSPS) is 28.2. The van der Waals surface area contributed by atoms with Gasteiger partial charge < -0.3 is 100.0 Å². The maximum atomic E-state index is 14.7. The average molecular weight is 1370 g/mol. The van der Waals surface area contributed by atoms with Crippen molar-refractivity contribution in [2.45, 2.75) is 271 Å². The molecule has 33 nitrogen and oxygen atoms in total. The molecule has 2 saturated heterocycles. The summed E-state index contributed by atoms with van der Waals surface area (Å²) in [6, 6.07) is -20.0. The molecule has 2 fully saturated rings. The van der Waals surface area contributed by atoms with Crippen LogP contribution in [-0.4, -0.2) is 235 Å². The molecule has 33 heteroatoms. The Balaban J connectivity index is 2.97. The fourth-order valence-corrected chi connectivity index (χ4v) is 11.1. The van der Waals surface area contributed by atoms with Crippen molar-refractivity contribution in [1.82, 2.24) is 63.0 Å². The molecule has 2 heterocycles. The number of nitrogens with zero attached hydrogens (tertiary/aromatic N) is 2. The van der Waals surface area contributed by atoms with Gasteiger partial charge in [-0.25, -0.2) is 0 Å². The van der Waals surface area contributed by atoms with E-state index in [1.807, 2.05) is 6.92 Å². The summed E-state index contributed by atoms with van der Waals surface area (Å²) in [7, 11) is 1.11. The molecule has 546 valence electrons. The number of fused-ring (bicyclic) bond motifs is 1.